The van der Waals surface area contributed by atoms with Gasteiger partial charge in [-0.3, -0.25) is 25.0 Å². The lowest BCUT2D eigenvalue weighted by atomic mass is 10.2. The third kappa shape index (κ3) is 4.19. The molecule has 12 heteroatoms. The number of benzene rings is 2. The Balaban J connectivity index is 1.36. The van der Waals surface area contributed by atoms with Crippen molar-refractivity contribution in [3.8, 4) is 11.5 Å². The molecule has 1 fully saturated rings. The van der Waals surface area contributed by atoms with Crippen molar-refractivity contribution in [1.82, 2.24) is 19.3 Å². The Kier molecular flexibility index (Phi) is 6.07. The summed E-state index contributed by atoms with van der Waals surface area (Å²) in [4.78, 5) is 30.3. The molecule has 2 aliphatic heterocycles. The van der Waals surface area contributed by atoms with Gasteiger partial charge in [-0.05, 0) is 44.0 Å². The Hall–Kier alpha value is -3.64. The topological polar surface area (TPSA) is 132 Å². The second-order valence-electron chi connectivity index (χ2n) is 8.20. The van der Waals surface area contributed by atoms with E-state index in [4.69, 9.17) is 9.47 Å². The zero-order chi connectivity index (χ0) is 24.6. The predicted molar refractivity (Wildman–Crippen MR) is 128 cm³/mol. The van der Waals surface area contributed by atoms with E-state index < -0.39 is 22.0 Å². The highest BCUT2D eigenvalue weighted by Crippen LogP contribution is 2.34. The van der Waals surface area contributed by atoms with Gasteiger partial charge >= 0.3 is 0 Å². The Morgan fingerprint density at radius 1 is 1.14 bits per heavy atom. The maximum atomic E-state index is 13.4. The van der Waals surface area contributed by atoms with Crippen LogP contribution in [0, 0.1) is 0 Å². The molecule has 1 saturated heterocycles. The molecule has 1 aromatic heterocycles. The molecule has 0 saturated carbocycles. The van der Waals surface area contributed by atoms with E-state index in [-0.39, 0.29) is 22.9 Å². The van der Waals surface area contributed by atoms with Gasteiger partial charge in [-0.2, -0.15) is 4.31 Å². The molecule has 5 rings (SSSR count). The summed E-state index contributed by atoms with van der Waals surface area (Å²) in [7, 11) is -3.96. The zero-order valence-electron chi connectivity index (χ0n) is 19.1. The van der Waals surface area contributed by atoms with Gasteiger partial charge < -0.3 is 9.47 Å². The summed E-state index contributed by atoms with van der Waals surface area (Å²) < 4.78 is 40.3. The first kappa shape index (κ1) is 23.1. The highest BCUT2D eigenvalue weighted by molar-refractivity contribution is 7.89. The van der Waals surface area contributed by atoms with Crippen molar-refractivity contribution in [2.24, 2.45) is 0 Å². The van der Waals surface area contributed by atoms with Crippen LogP contribution in [-0.2, 0) is 21.4 Å². The van der Waals surface area contributed by atoms with Crippen LogP contribution in [-0.4, -0.2) is 54.0 Å². The molecule has 2 N–H and O–H groups in total. The van der Waals surface area contributed by atoms with E-state index in [2.05, 4.69) is 15.8 Å². The van der Waals surface area contributed by atoms with E-state index in [9.17, 15) is 18.0 Å². The molecule has 3 aromatic rings. The van der Waals surface area contributed by atoms with Crippen molar-refractivity contribution < 1.29 is 22.7 Å². The minimum atomic E-state index is -3.96. The summed E-state index contributed by atoms with van der Waals surface area (Å²) in [6, 6.07) is 10.5. The number of hydrazine groups is 1. The van der Waals surface area contributed by atoms with Gasteiger partial charge in [0.15, 0.2) is 11.5 Å². The Morgan fingerprint density at radius 2 is 1.91 bits per heavy atom. The SMILES string of the molecule is CCn1c(NNC(=O)C2CCCN2S(=O)(=O)c2ccc3c(c2)OCCO3)nc2ccccc2c1=O. The summed E-state index contributed by atoms with van der Waals surface area (Å²) in [5.41, 5.74) is 5.52. The molecule has 3 heterocycles. The number of ether oxygens (including phenoxy) is 2. The second-order valence-corrected chi connectivity index (χ2v) is 10.1. The first-order valence-corrected chi connectivity index (χ1v) is 12.8. The molecule has 1 amide bonds. The fraction of sp³-hybridized carbons (Fsp3) is 0.348. The minimum absolute atomic E-state index is 0.0328. The normalized spacial score (nSPS) is 17.9. The zero-order valence-corrected chi connectivity index (χ0v) is 19.9. The summed E-state index contributed by atoms with van der Waals surface area (Å²) in [6.45, 7) is 3.08. The van der Waals surface area contributed by atoms with Crippen LogP contribution in [0.1, 0.15) is 19.8 Å². The maximum absolute atomic E-state index is 13.4. The fourth-order valence-electron chi connectivity index (χ4n) is 4.37. The van der Waals surface area contributed by atoms with Crippen LogP contribution in [0.2, 0.25) is 0 Å². The average molecular weight is 500 g/mol. The van der Waals surface area contributed by atoms with Gasteiger partial charge in [0.1, 0.15) is 19.3 Å². The summed E-state index contributed by atoms with van der Waals surface area (Å²) in [5.74, 6) is 0.483. The van der Waals surface area contributed by atoms with Crippen molar-refractivity contribution in [3.05, 3.63) is 52.8 Å². The van der Waals surface area contributed by atoms with Gasteiger partial charge in [0.2, 0.25) is 16.0 Å². The van der Waals surface area contributed by atoms with E-state index in [1.807, 2.05) is 0 Å². The number of amides is 1. The maximum Gasteiger partial charge on any atom is 0.262 e. The molecule has 184 valence electrons. The molecule has 0 radical (unpaired) electrons. The summed E-state index contributed by atoms with van der Waals surface area (Å²) in [5, 5.41) is 0.471. The monoisotopic (exact) mass is 499 g/mol. The fourth-order valence-corrected chi connectivity index (χ4v) is 6.04. The molecule has 11 nitrogen and oxygen atoms in total. The van der Waals surface area contributed by atoms with E-state index >= 15 is 0 Å². The molecule has 0 bridgehead atoms. The molecule has 2 aliphatic rings. The number of hydrogen-bond acceptors (Lipinski definition) is 8. The van der Waals surface area contributed by atoms with Gasteiger partial charge in [-0.25, -0.2) is 13.4 Å². The van der Waals surface area contributed by atoms with Crippen LogP contribution in [0.4, 0.5) is 5.95 Å². The Bertz CT molecular complexity index is 1450. The number of sulfonamides is 1. The lowest BCUT2D eigenvalue weighted by molar-refractivity contribution is -0.123. The number of carbonyl (C=O) groups is 1. The van der Waals surface area contributed by atoms with Crippen LogP contribution >= 0.6 is 0 Å². The molecular weight excluding hydrogens is 474 g/mol. The van der Waals surface area contributed by atoms with E-state index in [0.717, 1.165) is 0 Å². The number of anilines is 1. The first-order valence-electron chi connectivity index (χ1n) is 11.4. The van der Waals surface area contributed by atoms with E-state index in [1.54, 1.807) is 37.3 Å². The van der Waals surface area contributed by atoms with Crippen LogP contribution in [0.3, 0.4) is 0 Å². The van der Waals surface area contributed by atoms with Crippen LogP contribution in [0.25, 0.3) is 10.9 Å². The van der Waals surface area contributed by atoms with Crippen LogP contribution in [0.5, 0.6) is 11.5 Å². The van der Waals surface area contributed by atoms with Gasteiger partial charge in [0, 0.05) is 19.2 Å². The molecular formula is C23H25N5O6S. The van der Waals surface area contributed by atoms with Gasteiger partial charge in [0.05, 0.1) is 15.8 Å². The third-order valence-electron chi connectivity index (χ3n) is 6.10. The second kappa shape index (κ2) is 9.19. The third-order valence-corrected chi connectivity index (χ3v) is 8.01. The highest BCUT2D eigenvalue weighted by Gasteiger charge is 2.40. The molecule has 0 aliphatic carbocycles. The minimum Gasteiger partial charge on any atom is -0.486 e. The molecule has 2 aromatic carbocycles. The van der Waals surface area contributed by atoms with Gasteiger partial charge in [-0.1, -0.05) is 12.1 Å². The smallest absolute Gasteiger partial charge is 0.262 e. The lowest BCUT2D eigenvalue weighted by Crippen LogP contribution is -2.48. The van der Waals surface area contributed by atoms with Crippen LogP contribution < -0.4 is 25.9 Å². The van der Waals surface area contributed by atoms with E-state index in [0.29, 0.717) is 55.0 Å². The van der Waals surface area contributed by atoms with Crippen molar-refractivity contribution in [3.63, 3.8) is 0 Å². The number of rotatable bonds is 6. The lowest BCUT2D eigenvalue weighted by Gasteiger charge is -2.25. The largest absolute Gasteiger partial charge is 0.486 e. The van der Waals surface area contributed by atoms with E-state index in [1.165, 1.54) is 21.0 Å². The van der Waals surface area contributed by atoms with Crippen molar-refractivity contribution in [2.75, 3.05) is 25.2 Å². The number of nitrogens with one attached hydrogen (secondary N) is 2. The number of para-hydroxylation sites is 1. The van der Waals surface area contributed by atoms with Gasteiger partial charge in [-0.15, -0.1) is 0 Å². The Labute approximate surface area is 201 Å². The number of hydrogen-bond donors (Lipinski definition) is 2. The van der Waals surface area contributed by atoms with Crippen molar-refractivity contribution >= 4 is 32.8 Å². The van der Waals surface area contributed by atoms with Crippen molar-refractivity contribution in [1.29, 1.82) is 0 Å². The van der Waals surface area contributed by atoms with Crippen LogP contribution in [0.15, 0.2) is 52.2 Å². The summed E-state index contributed by atoms with van der Waals surface area (Å²) in [6.07, 6.45) is 0.902. The van der Waals surface area contributed by atoms with Crippen molar-refractivity contribution in [2.45, 2.75) is 37.2 Å². The molecule has 35 heavy (non-hydrogen) atoms. The Morgan fingerprint density at radius 3 is 2.71 bits per heavy atom. The number of fused-ring (bicyclic) bond motifs is 2. The number of nitrogens with zero attached hydrogens (tertiary/aromatic N) is 3. The molecule has 0 spiro atoms. The quantitative estimate of drug-likeness (QED) is 0.488. The molecule has 1 atom stereocenters. The highest BCUT2D eigenvalue weighted by atomic mass is 32.2. The number of carbonyl (C=O) groups excluding carboxylic acids is 1. The van der Waals surface area contributed by atoms with Gasteiger partial charge in [0.25, 0.3) is 11.5 Å². The predicted octanol–water partition coefficient (Wildman–Crippen LogP) is 1.48. The summed E-state index contributed by atoms with van der Waals surface area (Å²) >= 11 is 0. The first-order chi connectivity index (χ1) is 16.9. The number of aromatic nitrogens is 2. The molecule has 1 unspecified atom stereocenters. The average Bonchev–Trinajstić information content (AvgIpc) is 3.38. The standard InChI is InChI=1S/C23H25N5O6S/c1-2-27-22(30)16-6-3-4-7-17(16)24-23(27)26-25-21(29)18-8-5-11-28(18)35(31,32)15-9-10-19-20(14-15)34-13-12-33-19/h3-4,6-7,9-10,14,18H,2,5,8,11-13H2,1H3,(H,24,26)(H,25,29).